The van der Waals surface area contributed by atoms with Crippen LogP contribution >= 0.6 is 11.8 Å². The van der Waals surface area contributed by atoms with Crippen LogP contribution in [0.4, 0.5) is 5.82 Å². The van der Waals surface area contributed by atoms with Crippen molar-refractivity contribution in [3.63, 3.8) is 0 Å². The topological polar surface area (TPSA) is 84.7 Å². The predicted molar refractivity (Wildman–Crippen MR) is 86.3 cm³/mol. The molecule has 3 heterocycles. The largest absolute Gasteiger partial charge is 0.310 e. The minimum Gasteiger partial charge on any atom is -0.310 e. The number of thioether (sulfide) groups is 1. The number of aryl methyl sites for hydroxylation is 2. The number of nitrogens with zero attached hydrogens (tertiary/aromatic N) is 3. The fourth-order valence-electron chi connectivity index (χ4n) is 2.75. The second-order valence-corrected chi connectivity index (χ2v) is 6.84. The standard InChI is InChI=1S/C14H19N5O2S/c1-7(2)19-13-11(14(21)17-19)12(22-6-10(20)15-13)9-5-18(4)16-8(9)3/h5,7,12H,6H2,1-4H3,(H,15,20)(H,17,21)/t12-/m1/s1. The van der Waals surface area contributed by atoms with E-state index < -0.39 is 0 Å². The summed E-state index contributed by atoms with van der Waals surface area (Å²) in [4.78, 5) is 24.5. The normalized spacial score (nSPS) is 18.2. The molecule has 3 rings (SSSR count). The second-order valence-electron chi connectivity index (χ2n) is 5.75. The Kier molecular flexibility index (Phi) is 3.64. The van der Waals surface area contributed by atoms with E-state index in [1.165, 1.54) is 11.8 Å². The Morgan fingerprint density at radius 1 is 1.41 bits per heavy atom. The third-order valence-electron chi connectivity index (χ3n) is 3.71. The Hall–Kier alpha value is -1.96. The second kappa shape index (κ2) is 5.35. The van der Waals surface area contributed by atoms with Crippen LogP contribution in [-0.4, -0.2) is 31.2 Å². The number of aromatic amines is 1. The van der Waals surface area contributed by atoms with Crippen LogP contribution in [0.2, 0.25) is 0 Å². The van der Waals surface area contributed by atoms with Crippen molar-refractivity contribution in [2.45, 2.75) is 32.1 Å². The summed E-state index contributed by atoms with van der Waals surface area (Å²) in [5.41, 5.74) is 2.28. The van der Waals surface area contributed by atoms with Gasteiger partial charge in [0.15, 0.2) is 0 Å². The zero-order valence-corrected chi connectivity index (χ0v) is 13.8. The number of hydrogen-bond acceptors (Lipinski definition) is 4. The number of anilines is 1. The summed E-state index contributed by atoms with van der Waals surface area (Å²) in [6.07, 6.45) is 1.92. The lowest BCUT2D eigenvalue weighted by Gasteiger charge is -2.14. The summed E-state index contributed by atoms with van der Waals surface area (Å²) in [6, 6.07) is 0.0514. The maximum absolute atomic E-state index is 12.5. The molecule has 1 aliphatic heterocycles. The Bertz CT molecular complexity index is 786. The third kappa shape index (κ3) is 2.37. The molecule has 1 aliphatic rings. The maximum atomic E-state index is 12.5. The molecule has 0 bridgehead atoms. The van der Waals surface area contributed by atoms with E-state index in [0.29, 0.717) is 17.1 Å². The van der Waals surface area contributed by atoms with Crippen molar-refractivity contribution in [3.05, 3.63) is 33.4 Å². The van der Waals surface area contributed by atoms with Gasteiger partial charge in [-0.15, -0.1) is 11.8 Å². The minimum atomic E-state index is -0.202. The highest BCUT2D eigenvalue weighted by Gasteiger charge is 2.32. The van der Waals surface area contributed by atoms with Crippen LogP contribution in [0.25, 0.3) is 0 Å². The first kappa shape index (κ1) is 15.0. The number of amides is 1. The highest BCUT2D eigenvalue weighted by Crippen LogP contribution is 2.41. The molecule has 1 atom stereocenters. The molecular weight excluding hydrogens is 302 g/mol. The molecular formula is C14H19N5O2S. The maximum Gasteiger partial charge on any atom is 0.270 e. The van der Waals surface area contributed by atoms with Crippen molar-refractivity contribution in [3.8, 4) is 0 Å². The lowest BCUT2D eigenvalue weighted by molar-refractivity contribution is -0.113. The van der Waals surface area contributed by atoms with Crippen molar-refractivity contribution in [1.29, 1.82) is 0 Å². The molecule has 2 aromatic rings. The summed E-state index contributed by atoms with van der Waals surface area (Å²) in [7, 11) is 1.85. The first-order chi connectivity index (χ1) is 10.4. The fraction of sp³-hybridized carbons (Fsp3) is 0.500. The van der Waals surface area contributed by atoms with Crippen molar-refractivity contribution in [1.82, 2.24) is 19.6 Å². The van der Waals surface area contributed by atoms with Gasteiger partial charge in [-0.3, -0.25) is 24.1 Å². The van der Waals surface area contributed by atoms with Gasteiger partial charge in [0.05, 0.1) is 22.3 Å². The first-order valence-corrected chi connectivity index (χ1v) is 8.19. The molecule has 2 aromatic heterocycles. The van der Waals surface area contributed by atoms with Gasteiger partial charge in [0, 0.05) is 24.8 Å². The van der Waals surface area contributed by atoms with Crippen molar-refractivity contribution in [2.75, 3.05) is 11.1 Å². The molecule has 22 heavy (non-hydrogen) atoms. The molecule has 0 saturated carbocycles. The van der Waals surface area contributed by atoms with Crippen molar-refractivity contribution >= 4 is 23.5 Å². The number of H-pyrrole nitrogens is 1. The van der Waals surface area contributed by atoms with Gasteiger partial charge in [-0.2, -0.15) is 5.10 Å². The number of rotatable bonds is 2. The van der Waals surface area contributed by atoms with Crippen LogP contribution in [0, 0.1) is 6.92 Å². The van der Waals surface area contributed by atoms with E-state index in [0.717, 1.165) is 11.3 Å². The monoisotopic (exact) mass is 321 g/mol. The molecule has 0 radical (unpaired) electrons. The van der Waals surface area contributed by atoms with Gasteiger partial charge in [-0.05, 0) is 20.8 Å². The summed E-state index contributed by atoms with van der Waals surface area (Å²) in [5.74, 6) is 0.789. The van der Waals surface area contributed by atoms with E-state index in [1.807, 2.05) is 34.0 Å². The zero-order chi connectivity index (χ0) is 16.0. The fourth-order valence-corrected chi connectivity index (χ4v) is 3.94. The zero-order valence-electron chi connectivity index (χ0n) is 13.0. The summed E-state index contributed by atoms with van der Waals surface area (Å²) in [6.45, 7) is 5.85. The highest BCUT2D eigenvalue weighted by atomic mass is 32.2. The number of fused-ring (bicyclic) bond motifs is 1. The first-order valence-electron chi connectivity index (χ1n) is 7.14. The number of aromatic nitrogens is 4. The smallest absolute Gasteiger partial charge is 0.270 e. The van der Waals surface area contributed by atoms with Crippen LogP contribution in [0.3, 0.4) is 0 Å². The number of nitrogens with one attached hydrogen (secondary N) is 2. The van der Waals surface area contributed by atoms with Crippen molar-refractivity contribution < 1.29 is 4.79 Å². The Morgan fingerprint density at radius 3 is 2.73 bits per heavy atom. The minimum absolute atomic E-state index is 0.0514. The third-order valence-corrected chi connectivity index (χ3v) is 4.97. The molecule has 7 nitrogen and oxygen atoms in total. The van der Waals surface area contributed by atoms with E-state index in [9.17, 15) is 9.59 Å². The molecule has 118 valence electrons. The van der Waals surface area contributed by atoms with Gasteiger partial charge >= 0.3 is 0 Å². The van der Waals surface area contributed by atoms with Crippen LogP contribution < -0.4 is 10.9 Å². The Morgan fingerprint density at radius 2 is 2.14 bits per heavy atom. The van der Waals surface area contributed by atoms with Gasteiger partial charge in [-0.25, -0.2) is 0 Å². The van der Waals surface area contributed by atoms with E-state index >= 15 is 0 Å². The van der Waals surface area contributed by atoms with Gasteiger partial charge in [0.1, 0.15) is 5.82 Å². The Balaban J connectivity index is 2.21. The lowest BCUT2D eigenvalue weighted by atomic mass is 10.1. The van der Waals surface area contributed by atoms with Gasteiger partial charge in [-0.1, -0.05) is 0 Å². The van der Waals surface area contributed by atoms with Crippen LogP contribution in [0.1, 0.15) is 42.0 Å². The van der Waals surface area contributed by atoms with Gasteiger partial charge < -0.3 is 5.32 Å². The Labute approximate surface area is 132 Å². The molecule has 0 spiro atoms. The van der Waals surface area contributed by atoms with Crippen LogP contribution in [0.15, 0.2) is 11.0 Å². The SMILES string of the molecule is Cc1nn(C)cc1[C@H]1SCC(=O)Nc2c1c(=O)[nH]n2C(C)C. The van der Waals surface area contributed by atoms with Crippen LogP contribution in [-0.2, 0) is 11.8 Å². The summed E-state index contributed by atoms with van der Waals surface area (Å²) in [5, 5.41) is 9.86. The van der Waals surface area contributed by atoms with Gasteiger partial charge in [0.25, 0.3) is 5.56 Å². The summed E-state index contributed by atoms with van der Waals surface area (Å²) < 4.78 is 3.46. The van der Waals surface area contributed by atoms with Crippen LogP contribution in [0.5, 0.6) is 0 Å². The number of hydrogen-bond donors (Lipinski definition) is 2. The summed E-state index contributed by atoms with van der Waals surface area (Å²) >= 11 is 1.46. The van der Waals surface area contributed by atoms with E-state index in [-0.39, 0.29) is 22.8 Å². The molecule has 1 amide bonds. The highest BCUT2D eigenvalue weighted by molar-refractivity contribution is 8.00. The van der Waals surface area contributed by atoms with Gasteiger partial charge in [0.2, 0.25) is 5.91 Å². The number of carbonyl (C=O) groups excluding carboxylic acids is 1. The molecule has 8 heteroatoms. The van der Waals surface area contributed by atoms with E-state index in [2.05, 4.69) is 15.5 Å². The molecule has 0 saturated heterocycles. The van der Waals surface area contributed by atoms with Crippen molar-refractivity contribution in [2.24, 2.45) is 7.05 Å². The molecule has 0 fully saturated rings. The number of carbonyl (C=O) groups is 1. The molecule has 0 aromatic carbocycles. The molecule has 0 unspecified atom stereocenters. The lowest BCUT2D eigenvalue weighted by Crippen LogP contribution is -2.17. The quantitative estimate of drug-likeness (QED) is 0.879. The molecule has 0 aliphatic carbocycles. The predicted octanol–water partition coefficient (Wildman–Crippen LogP) is 1.57. The molecule has 2 N–H and O–H groups in total. The average molecular weight is 321 g/mol. The van der Waals surface area contributed by atoms with E-state index in [1.54, 1.807) is 9.36 Å². The van der Waals surface area contributed by atoms with E-state index in [4.69, 9.17) is 0 Å². The average Bonchev–Trinajstić information content (AvgIpc) is 2.86.